The predicted octanol–water partition coefficient (Wildman–Crippen LogP) is 3.63. The van der Waals surface area contributed by atoms with E-state index in [0.717, 1.165) is 0 Å². The van der Waals surface area contributed by atoms with Crippen molar-refractivity contribution in [2.24, 2.45) is 5.92 Å². The maximum atomic E-state index is 13.8. The summed E-state index contributed by atoms with van der Waals surface area (Å²) in [6.07, 6.45) is 4.46. The molecule has 1 N–H and O–H groups in total. The number of carbonyl (C=O) groups excluding carboxylic acids is 1. The summed E-state index contributed by atoms with van der Waals surface area (Å²) in [5, 5.41) is 5.66. The second-order valence-corrected chi connectivity index (χ2v) is 6.57. The fourth-order valence-corrected chi connectivity index (χ4v) is 3.29. The van der Waals surface area contributed by atoms with Gasteiger partial charge in [0, 0.05) is 29.1 Å². The lowest BCUT2D eigenvalue weighted by atomic mass is 9.81. The highest BCUT2D eigenvalue weighted by molar-refractivity contribution is 7.13. The second-order valence-electron chi connectivity index (χ2n) is 5.68. The first-order valence-corrected chi connectivity index (χ1v) is 8.49. The van der Waals surface area contributed by atoms with Gasteiger partial charge in [0.1, 0.15) is 23.2 Å². The summed E-state index contributed by atoms with van der Waals surface area (Å²) >= 11 is 1.39. The Balaban J connectivity index is 1.40. The molecule has 7 heteroatoms. The van der Waals surface area contributed by atoms with E-state index in [1.165, 1.54) is 17.4 Å². The molecule has 1 amide bonds. The minimum Gasteiger partial charge on any atom is -0.488 e. The number of ether oxygens (including phenoxy) is 1. The molecular weight excluding hydrogens is 329 g/mol. The van der Waals surface area contributed by atoms with Crippen molar-refractivity contribution in [3.05, 3.63) is 47.9 Å². The van der Waals surface area contributed by atoms with Crippen molar-refractivity contribution in [2.75, 3.05) is 5.32 Å². The van der Waals surface area contributed by atoms with Crippen LogP contribution in [0.5, 0.6) is 5.75 Å². The third kappa shape index (κ3) is 2.82. The number of carbonyl (C=O) groups is 1. The summed E-state index contributed by atoms with van der Waals surface area (Å²) in [4.78, 5) is 20.3. The van der Waals surface area contributed by atoms with Gasteiger partial charge in [-0.05, 0) is 37.1 Å². The molecule has 0 radical (unpaired) electrons. The highest BCUT2D eigenvalue weighted by Crippen LogP contribution is 2.35. The van der Waals surface area contributed by atoms with E-state index < -0.39 is 0 Å². The fourth-order valence-electron chi connectivity index (χ4n) is 2.76. The molecule has 24 heavy (non-hydrogen) atoms. The molecule has 0 atom stereocenters. The summed E-state index contributed by atoms with van der Waals surface area (Å²) in [5.41, 5.74) is 0.508. The van der Waals surface area contributed by atoms with E-state index in [9.17, 15) is 9.18 Å². The Kier molecular flexibility index (Phi) is 3.86. The molecule has 4 rings (SSSR count). The van der Waals surface area contributed by atoms with Crippen molar-refractivity contribution in [1.29, 1.82) is 0 Å². The number of pyridine rings is 1. The highest BCUT2D eigenvalue weighted by Gasteiger charge is 2.36. The van der Waals surface area contributed by atoms with Crippen molar-refractivity contribution in [1.82, 2.24) is 9.97 Å². The largest absolute Gasteiger partial charge is 0.488 e. The van der Waals surface area contributed by atoms with Crippen molar-refractivity contribution in [2.45, 2.75) is 18.9 Å². The van der Waals surface area contributed by atoms with Gasteiger partial charge in [-0.1, -0.05) is 0 Å². The van der Waals surface area contributed by atoms with Crippen molar-refractivity contribution >= 4 is 33.3 Å². The summed E-state index contributed by atoms with van der Waals surface area (Å²) in [6.45, 7) is 0. The van der Waals surface area contributed by atoms with Crippen LogP contribution in [0.25, 0.3) is 10.9 Å². The average Bonchev–Trinajstić information content (AvgIpc) is 3.05. The third-order valence-electron chi connectivity index (χ3n) is 4.10. The van der Waals surface area contributed by atoms with Crippen LogP contribution < -0.4 is 10.1 Å². The molecule has 0 aliphatic heterocycles. The predicted molar refractivity (Wildman–Crippen MR) is 89.6 cm³/mol. The first kappa shape index (κ1) is 15.0. The number of thiazole rings is 1. The van der Waals surface area contributed by atoms with E-state index >= 15 is 0 Å². The molecule has 1 aliphatic rings. The zero-order valence-electron chi connectivity index (χ0n) is 12.6. The Morgan fingerprint density at radius 2 is 2.12 bits per heavy atom. The normalized spacial score (nSPS) is 19.7. The first-order chi connectivity index (χ1) is 11.7. The van der Waals surface area contributed by atoms with E-state index in [4.69, 9.17) is 4.74 Å². The number of hydrogen-bond donors (Lipinski definition) is 1. The minimum absolute atomic E-state index is 0.0353. The van der Waals surface area contributed by atoms with Crippen LogP contribution in [-0.2, 0) is 4.79 Å². The van der Waals surface area contributed by atoms with Gasteiger partial charge < -0.3 is 10.1 Å². The van der Waals surface area contributed by atoms with E-state index in [-0.39, 0.29) is 23.7 Å². The molecule has 2 heterocycles. The average molecular weight is 343 g/mol. The number of hydrogen-bond acceptors (Lipinski definition) is 5. The Labute approximate surface area is 141 Å². The van der Waals surface area contributed by atoms with E-state index in [0.29, 0.717) is 34.6 Å². The fraction of sp³-hybridized carbons (Fsp3) is 0.235. The Hall–Kier alpha value is -2.54. The molecule has 0 bridgehead atoms. The maximum absolute atomic E-state index is 13.8. The lowest BCUT2D eigenvalue weighted by Crippen LogP contribution is -2.40. The van der Waals surface area contributed by atoms with Crippen molar-refractivity contribution < 1.29 is 13.9 Å². The van der Waals surface area contributed by atoms with Gasteiger partial charge in [0.15, 0.2) is 5.13 Å². The molecule has 5 nitrogen and oxygen atoms in total. The van der Waals surface area contributed by atoms with Crippen molar-refractivity contribution in [3.63, 3.8) is 0 Å². The summed E-state index contributed by atoms with van der Waals surface area (Å²) in [6, 6.07) is 6.34. The Bertz CT molecular complexity index is 879. The molecule has 2 aromatic heterocycles. The van der Waals surface area contributed by atoms with Crippen LogP contribution in [0.2, 0.25) is 0 Å². The van der Waals surface area contributed by atoms with Crippen LogP contribution in [0.4, 0.5) is 9.52 Å². The van der Waals surface area contributed by atoms with Gasteiger partial charge in [0.25, 0.3) is 0 Å². The lowest BCUT2D eigenvalue weighted by molar-refractivity contribution is -0.125. The molecule has 0 saturated heterocycles. The number of halogens is 1. The molecule has 0 unspecified atom stereocenters. The SMILES string of the molecule is O=C(Nc1nccs1)[C@H]1C[C@H](Oc2ccc(F)c3cccnc23)C1. The molecule has 3 aromatic rings. The topological polar surface area (TPSA) is 64.1 Å². The lowest BCUT2D eigenvalue weighted by Gasteiger charge is -2.34. The Morgan fingerprint density at radius 3 is 2.92 bits per heavy atom. The van der Waals surface area contributed by atoms with Gasteiger partial charge in [0.05, 0.1) is 0 Å². The van der Waals surface area contributed by atoms with E-state index in [2.05, 4.69) is 15.3 Å². The van der Waals surface area contributed by atoms with Crippen LogP contribution in [0.1, 0.15) is 12.8 Å². The number of nitrogens with one attached hydrogen (secondary N) is 1. The molecule has 0 spiro atoms. The van der Waals surface area contributed by atoms with Crippen LogP contribution in [0.15, 0.2) is 42.0 Å². The van der Waals surface area contributed by atoms with Crippen LogP contribution >= 0.6 is 11.3 Å². The van der Waals surface area contributed by atoms with E-state index in [1.807, 2.05) is 5.38 Å². The van der Waals surface area contributed by atoms with Gasteiger partial charge in [-0.3, -0.25) is 9.78 Å². The molecule has 1 aromatic carbocycles. The van der Waals surface area contributed by atoms with Gasteiger partial charge in [0.2, 0.25) is 5.91 Å². The van der Waals surface area contributed by atoms with Gasteiger partial charge in [-0.25, -0.2) is 9.37 Å². The zero-order chi connectivity index (χ0) is 16.5. The highest BCUT2D eigenvalue weighted by atomic mass is 32.1. The second kappa shape index (κ2) is 6.16. The molecular formula is C17H14FN3O2S. The number of aromatic nitrogens is 2. The first-order valence-electron chi connectivity index (χ1n) is 7.61. The summed E-state index contributed by atoms with van der Waals surface area (Å²) < 4.78 is 19.7. The molecule has 1 fully saturated rings. The summed E-state index contributed by atoms with van der Waals surface area (Å²) in [5.74, 6) is 0.112. The number of benzene rings is 1. The smallest absolute Gasteiger partial charge is 0.229 e. The monoisotopic (exact) mass is 343 g/mol. The van der Waals surface area contributed by atoms with Crippen LogP contribution in [-0.4, -0.2) is 22.0 Å². The van der Waals surface area contributed by atoms with E-state index in [1.54, 1.807) is 30.6 Å². The summed E-state index contributed by atoms with van der Waals surface area (Å²) in [7, 11) is 0. The Morgan fingerprint density at radius 1 is 1.25 bits per heavy atom. The number of nitrogens with zero attached hydrogens (tertiary/aromatic N) is 2. The number of amides is 1. The standard InChI is InChI=1S/C17H14FN3O2S/c18-13-3-4-14(15-12(13)2-1-5-19-15)23-11-8-10(9-11)16(22)21-17-20-6-7-24-17/h1-7,10-11H,8-9H2,(H,20,21,22)/t10-,11-. The number of fused-ring (bicyclic) bond motifs is 1. The quantitative estimate of drug-likeness (QED) is 0.786. The van der Waals surface area contributed by atoms with Crippen LogP contribution in [0.3, 0.4) is 0 Å². The molecule has 1 saturated carbocycles. The third-order valence-corrected chi connectivity index (χ3v) is 4.79. The molecule has 122 valence electrons. The number of rotatable bonds is 4. The van der Waals surface area contributed by atoms with Gasteiger partial charge in [-0.15, -0.1) is 11.3 Å². The zero-order valence-corrected chi connectivity index (χ0v) is 13.4. The minimum atomic E-state index is -0.320. The number of anilines is 1. The maximum Gasteiger partial charge on any atom is 0.229 e. The molecule has 1 aliphatic carbocycles. The van der Waals surface area contributed by atoms with Gasteiger partial charge in [-0.2, -0.15) is 0 Å². The van der Waals surface area contributed by atoms with Crippen LogP contribution in [0, 0.1) is 11.7 Å². The van der Waals surface area contributed by atoms with Crippen molar-refractivity contribution in [3.8, 4) is 5.75 Å². The van der Waals surface area contributed by atoms with Gasteiger partial charge >= 0.3 is 0 Å².